The molecule has 0 bridgehead atoms. The normalized spacial score (nSPS) is 20.1. The Labute approximate surface area is 131 Å². The molecule has 1 aliphatic rings. The summed E-state index contributed by atoms with van der Waals surface area (Å²) in [6.07, 6.45) is 1.58. The topological polar surface area (TPSA) is 63.2 Å². The maximum absolute atomic E-state index is 11.9. The number of nitrogens with one attached hydrogen (secondary N) is 1. The molecule has 0 fully saturated rings. The Morgan fingerprint density at radius 2 is 1.85 bits per heavy atom. The molecule has 1 aromatic rings. The van der Waals surface area contributed by atoms with E-state index in [2.05, 4.69) is 5.32 Å². The lowest BCUT2D eigenvalue weighted by Crippen LogP contribution is -2.17. The molecule has 1 amide bonds. The summed E-state index contributed by atoms with van der Waals surface area (Å²) in [6, 6.07) is 2.88. The molecule has 0 aliphatic carbocycles. The SMILES string of the molecule is O=C(C[C@@H]1C=CS(=O)(=O)C1)Nc1cc(Cl)c(Cl)cc1Cl. The fraction of sp³-hybridized carbons (Fsp3) is 0.250. The average Bonchev–Trinajstić information content (AvgIpc) is 2.65. The van der Waals surface area contributed by atoms with Gasteiger partial charge in [0.25, 0.3) is 0 Å². The van der Waals surface area contributed by atoms with Gasteiger partial charge in [0, 0.05) is 17.7 Å². The van der Waals surface area contributed by atoms with Gasteiger partial charge in [0.05, 0.1) is 26.5 Å². The van der Waals surface area contributed by atoms with Crippen LogP contribution in [-0.4, -0.2) is 20.1 Å². The highest BCUT2D eigenvalue weighted by molar-refractivity contribution is 7.94. The second kappa shape index (κ2) is 5.93. The molecule has 0 aromatic heterocycles. The number of carbonyl (C=O) groups excluding carboxylic acids is 1. The number of amides is 1. The Balaban J connectivity index is 2.02. The molecule has 1 N–H and O–H groups in total. The molecule has 1 heterocycles. The zero-order valence-corrected chi connectivity index (χ0v) is 13.2. The van der Waals surface area contributed by atoms with Gasteiger partial charge in [-0.25, -0.2) is 8.42 Å². The highest BCUT2D eigenvalue weighted by atomic mass is 35.5. The summed E-state index contributed by atoms with van der Waals surface area (Å²) in [7, 11) is -3.16. The third kappa shape index (κ3) is 3.88. The zero-order valence-electron chi connectivity index (χ0n) is 10.1. The van der Waals surface area contributed by atoms with E-state index in [0.29, 0.717) is 10.7 Å². The third-order valence-corrected chi connectivity index (χ3v) is 5.24. The van der Waals surface area contributed by atoms with Gasteiger partial charge in [-0.05, 0) is 12.1 Å². The van der Waals surface area contributed by atoms with Crippen molar-refractivity contribution >= 4 is 56.2 Å². The summed E-state index contributed by atoms with van der Waals surface area (Å²) in [5, 5.41) is 4.56. The van der Waals surface area contributed by atoms with Crippen molar-refractivity contribution in [2.45, 2.75) is 6.42 Å². The molecule has 2 rings (SSSR count). The van der Waals surface area contributed by atoms with Crippen LogP contribution in [0.15, 0.2) is 23.6 Å². The van der Waals surface area contributed by atoms with Crippen LogP contribution in [0.4, 0.5) is 5.69 Å². The van der Waals surface area contributed by atoms with Crippen molar-refractivity contribution in [1.29, 1.82) is 0 Å². The highest BCUT2D eigenvalue weighted by Crippen LogP contribution is 2.32. The average molecular weight is 355 g/mol. The number of anilines is 1. The van der Waals surface area contributed by atoms with E-state index in [9.17, 15) is 13.2 Å². The zero-order chi connectivity index (χ0) is 14.9. The fourth-order valence-electron chi connectivity index (χ4n) is 1.83. The fourth-order valence-corrected chi connectivity index (χ4v) is 3.82. The molecule has 8 heteroatoms. The van der Waals surface area contributed by atoms with Crippen LogP contribution in [0.2, 0.25) is 15.1 Å². The summed E-state index contributed by atoms with van der Waals surface area (Å²) in [5.41, 5.74) is 0.343. The van der Waals surface area contributed by atoms with Crippen molar-refractivity contribution in [2.75, 3.05) is 11.1 Å². The van der Waals surface area contributed by atoms with Gasteiger partial charge in [0.15, 0.2) is 9.84 Å². The van der Waals surface area contributed by atoms with Gasteiger partial charge in [0.1, 0.15) is 0 Å². The second-order valence-corrected chi connectivity index (χ2v) is 7.57. The van der Waals surface area contributed by atoms with Crippen LogP contribution < -0.4 is 5.32 Å². The van der Waals surface area contributed by atoms with Gasteiger partial charge < -0.3 is 5.32 Å². The van der Waals surface area contributed by atoms with Crippen molar-refractivity contribution in [1.82, 2.24) is 0 Å². The molecule has 1 aliphatic heterocycles. The van der Waals surface area contributed by atoms with Crippen LogP contribution >= 0.6 is 34.8 Å². The first-order valence-corrected chi connectivity index (χ1v) is 8.47. The molecule has 0 saturated heterocycles. The van der Waals surface area contributed by atoms with Crippen molar-refractivity contribution < 1.29 is 13.2 Å². The van der Waals surface area contributed by atoms with Crippen LogP contribution in [0.3, 0.4) is 0 Å². The minimum absolute atomic E-state index is 0.0461. The first-order chi connectivity index (χ1) is 9.27. The number of benzene rings is 1. The Morgan fingerprint density at radius 1 is 1.20 bits per heavy atom. The first kappa shape index (κ1) is 15.6. The van der Waals surface area contributed by atoms with Crippen LogP contribution in [0.25, 0.3) is 0 Å². The van der Waals surface area contributed by atoms with Gasteiger partial charge in [0.2, 0.25) is 5.91 Å². The van der Waals surface area contributed by atoms with E-state index in [1.54, 1.807) is 0 Å². The van der Waals surface area contributed by atoms with Gasteiger partial charge in [-0.1, -0.05) is 40.9 Å². The van der Waals surface area contributed by atoms with Gasteiger partial charge in [-0.15, -0.1) is 0 Å². The maximum atomic E-state index is 11.9. The molecule has 0 unspecified atom stereocenters. The largest absolute Gasteiger partial charge is 0.325 e. The summed E-state index contributed by atoms with van der Waals surface area (Å²) < 4.78 is 22.5. The molecule has 0 saturated carbocycles. The predicted octanol–water partition coefficient (Wildman–Crippen LogP) is 3.53. The smallest absolute Gasteiger partial charge is 0.225 e. The van der Waals surface area contributed by atoms with E-state index in [-0.39, 0.29) is 34.0 Å². The third-order valence-electron chi connectivity index (χ3n) is 2.74. The molecule has 4 nitrogen and oxygen atoms in total. The molecule has 1 atom stereocenters. The van der Waals surface area contributed by atoms with Crippen LogP contribution in [0.1, 0.15) is 6.42 Å². The standard InChI is InChI=1S/C12H10Cl3NO3S/c13-8-4-10(15)11(5-9(8)14)16-12(17)3-7-1-2-20(18,19)6-7/h1-2,4-5,7H,3,6H2,(H,16,17)/t7-/m0/s1. The van der Waals surface area contributed by atoms with Crippen LogP contribution in [0.5, 0.6) is 0 Å². The predicted molar refractivity (Wildman–Crippen MR) is 81.1 cm³/mol. The molecular formula is C12H10Cl3NO3S. The summed E-state index contributed by atoms with van der Waals surface area (Å²) >= 11 is 17.6. The lowest BCUT2D eigenvalue weighted by molar-refractivity contribution is -0.116. The number of allylic oxidation sites excluding steroid dienone is 1. The molecular weight excluding hydrogens is 345 g/mol. The van der Waals surface area contributed by atoms with E-state index < -0.39 is 9.84 Å². The molecule has 108 valence electrons. The van der Waals surface area contributed by atoms with Crippen molar-refractivity contribution in [3.63, 3.8) is 0 Å². The molecule has 1 aromatic carbocycles. The van der Waals surface area contributed by atoms with E-state index in [1.165, 1.54) is 18.2 Å². The summed E-state index contributed by atoms with van der Waals surface area (Å²) in [6.45, 7) is 0. The van der Waals surface area contributed by atoms with Crippen molar-refractivity contribution in [3.05, 3.63) is 38.7 Å². The van der Waals surface area contributed by atoms with Crippen LogP contribution in [0, 0.1) is 5.92 Å². The molecule has 20 heavy (non-hydrogen) atoms. The van der Waals surface area contributed by atoms with E-state index in [0.717, 1.165) is 5.41 Å². The van der Waals surface area contributed by atoms with Gasteiger partial charge in [-0.3, -0.25) is 4.79 Å². The number of hydrogen-bond acceptors (Lipinski definition) is 3. The number of hydrogen-bond donors (Lipinski definition) is 1. The number of halogens is 3. The quantitative estimate of drug-likeness (QED) is 0.845. The summed E-state index contributed by atoms with van der Waals surface area (Å²) in [4.78, 5) is 11.9. The monoisotopic (exact) mass is 353 g/mol. The highest BCUT2D eigenvalue weighted by Gasteiger charge is 2.24. The Morgan fingerprint density at radius 3 is 2.45 bits per heavy atom. The van der Waals surface area contributed by atoms with Gasteiger partial charge in [-0.2, -0.15) is 0 Å². The minimum Gasteiger partial charge on any atom is -0.325 e. The number of rotatable bonds is 3. The Kier molecular flexibility index (Phi) is 4.64. The van der Waals surface area contributed by atoms with E-state index in [1.807, 2.05) is 0 Å². The van der Waals surface area contributed by atoms with Crippen molar-refractivity contribution in [2.24, 2.45) is 5.92 Å². The molecule has 0 spiro atoms. The van der Waals surface area contributed by atoms with Crippen molar-refractivity contribution in [3.8, 4) is 0 Å². The Hall–Kier alpha value is -0.750. The minimum atomic E-state index is -3.16. The molecule has 0 radical (unpaired) electrons. The maximum Gasteiger partial charge on any atom is 0.225 e. The van der Waals surface area contributed by atoms with E-state index in [4.69, 9.17) is 34.8 Å². The Bertz CT molecular complexity index is 685. The van der Waals surface area contributed by atoms with Crippen LogP contribution in [-0.2, 0) is 14.6 Å². The summed E-state index contributed by atoms with van der Waals surface area (Å²) in [5.74, 6) is -0.700. The second-order valence-electron chi connectivity index (χ2n) is 4.42. The lowest BCUT2D eigenvalue weighted by atomic mass is 10.1. The number of carbonyl (C=O) groups is 1. The first-order valence-electron chi connectivity index (χ1n) is 5.62. The number of sulfone groups is 1. The lowest BCUT2D eigenvalue weighted by Gasteiger charge is -2.10. The van der Waals surface area contributed by atoms with Gasteiger partial charge >= 0.3 is 0 Å². The van der Waals surface area contributed by atoms with E-state index >= 15 is 0 Å².